The summed E-state index contributed by atoms with van der Waals surface area (Å²) in [6, 6.07) is 17.9. The summed E-state index contributed by atoms with van der Waals surface area (Å²) in [7, 11) is 0.614. The third-order valence-electron chi connectivity index (χ3n) is 4.57. The van der Waals surface area contributed by atoms with E-state index < -0.39 is 9.84 Å². The van der Waals surface area contributed by atoms with Crippen LogP contribution in [0.15, 0.2) is 59.6 Å². The average Bonchev–Trinajstić information content (AvgIpc) is 2.69. The molecule has 0 radical (unpaired) electrons. The van der Waals surface area contributed by atoms with Crippen LogP contribution < -0.4 is 5.32 Å². The Kier molecular flexibility index (Phi) is 8.51. The summed E-state index contributed by atoms with van der Waals surface area (Å²) in [5, 5.41) is 3.26. The Hall–Kier alpha value is -2.34. The second-order valence-corrected chi connectivity index (χ2v) is 9.12. The average molecular weight is 402 g/mol. The maximum absolute atomic E-state index is 12.3. The van der Waals surface area contributed by atoms with Crippen LogP contribution >= 0.6 is 0 Å². The summed E-state index contributed by atoms with van der Waals surface area (Å²) in [6.07, 6.45) is 1.58. The lowest BCUT2D eigenvalue weighted by Gasteiger charge is -2.22. The van der Waals surface area contributed by atoms with Gasteiger partial charge in [0.05, 0.1) is 11.5 Å². The van der Waals surface area contributed by atoms with Gasteiger partial charge in [0.1, 0.15) is 0 Å². The van der Waals surface area contributed by atoms with Gasteiger partial charge in [-0.15, -0.1) is 0 Å². The summed E-state index contributed by atoms with van der Waals surface area (Å²) >= 11 is 0. The van der Waals surface area contributed by atoms with Gasteiger partial charge in [-0.2, -0.15) is 0 Å². The molecular weight excluding hydrogens is 370 g/mol. The van der Waals surface area contributed by atoms with Gasteiger partial charge in [-0.05, 0) is 29.5 Å². The minimum atomic E-state index is -3.11. The molecule has 2 aromatic carbocycles. The molecule has 0 amide bonds. The van der Waals surface area contributed by atoms with Gasteiger partial charge in [-0.3, -0.25) is 4.99 Å². The standard InChI is InChI=1S/C22H31N3O2S/c1-4-19-11-13-20(14-12-19)17-25(3)22(23-2)24-15-8-16-28(26,27)18-21-9-6-5-7-10-21/h5-7,9-14H,4,8,15-18H2,1-3H3,(H,23,24). The van der Waals surface area contributed by atoms with E-state index in [1.54, 1.807) is 7.05 Å². The van der Waals surface area contributed by atoms with E-state index >= 15 is 0 Å². The van der Waals surface area contributed by atoms with Crippen LogP contribution in [0.1, 0.15) is 30.0 Å². The van der Waals surface area contributed by atoms with Crippen LogP contribution in [0.5, 0.6) is 0 Å². The lowest BCUT2D eigenvalue weighted by Crippen LogP contribution is -2.39. The fraction of sp³-hybridized carbons (Fsp3) is 0.409. The highest BCUT2D eigenvalue weighted by atomic mass is 32.2. The molecule has 0 spiro atoms. The van der Waals surface area contributed by atoms with Crippen molar-refractivity contribution in [1.29, 1.82) is 0 Å². The number of nitrogens with one attached hydrogen (secondary N) is 1. The molecule has 2 aromatic rings. The Balaban J connectivity index is 1.78. The minimum Gasteiger partial charge on any atom is -0.356 e. The van der Waals surface area contributed by atoms with Gasteiger partial charge in [0.15, 0.2) is 15.8 Å². The summed E-state index contributed by atoms with van der Waals surface area (Å²) in [5.41, 5.74) is 3.37. The van der Waals surface area contributed by atoms with Crippen molar-refractivity contribution < 1.29 is 8.42 Å². The largest absolute Gasteiger partial charge is 0.356 e. The van der Waals surface area contributed by atoms with Crippen LogP contribution in [0, 0.1) is 0 Å². The van der Waals surface area contributed by atoms with E-state index in [9.17, 15) is 8.42 Å². The quantitative estimate of drug-likeness (QED) is 0.398. The highest BCUT2D eigenvalue weighted by molar-refractivity contribution is 7.90. The summed E-state index contributed by atoms with van der Waals surface area (Å²) in [6.45, 7) is 3.46. The Labute approximate surface area is 169 Å². The molecule has 0 unspecified atom stereocenters. The van der Waals surface area contributed by atoms with Crippen molar-refractivity contribution in [2.45, 2.75) is 32.1 Å². The first-order valence-corrected chi connectivity index (χ1v) is 11.5. The first kappa shape index (κ1) is 22.0. The van der Waals surface area contributed by atoms with Crippen LogP contribution in [0.25, 0.3) is 0 Å². The van der Waals surface area contributed by atoms with Crippen molar-refractivity contribution in [3.63, 3.8) is 0 Å². The predicted octanol–water partition coefficient (Wildman–Crippen LogP) is 3.26. The highest BCUT2D eigenvalue weighted by Gasteiger charge is 2.12. The van der Waals surface area contributed by atoms with E-state index in [1.807, 2.05) is 42.3 Å². The number of hydrogen-bond acceptors (Lipinski definition) is 3. The van der Waals surface area contributed by atoms with E-state index in [2.05, 4.69) is 41.5 Å². The SMILES string of the molecule is CCc1ccc(CN(C)C(=NC)NCCCS(=O)(=O)Cc2ccccc2)cc1. The zero-order chi connectivity index (χ0) is 20.4. The van der Waals surface area contributed by atoms with Gasteiger partial charge >= 0.3 is 0 Å². The zero-order valence-electron chi connectivity index (χ0n) is 17.1. The van der Waals surface area contributed by atoms with Crippen molar-refractivity contribution in [2.24, 2.45) is 4.99 Å². The van der Waals surface area contributed by atoms with Crippen molar-refractivity contribution in [1.82, 2.24) is 10.2 Å². The molecule has 0 aliphatic heterocycles. The second-order valence-electron chi connectivity index (χ2n) is 6.93. The Morgan fingerprint density at radius 3 is 2.25 bits per heavy atom. The number of aryl methyl sites for hydroxylation is 1. The van der Waals surface area contributed by atoms with Crippen molar-refractivity contribution in [3.05, 3.63) is 71.3 Å². The molecule has 0 aromatic heterocycles. The zero-order valence-corrected chi connectivity index (χ0v) is 17.9. The third-order valence-corrected chi connectivity index (χ3v) is 6.25. The van der Waals surface area contributed by atoms with Crippen molar-refractivity contribution in [3.8, 4) is 0 Å². The van der Waals surface area contributed by atoms with E-state index in [1.165, 1.54) is 11.1 Å². The minimum absolute atomic E-state index is 0.0935. The molecule has 152 valence electrons. The fourth-order valence-electron chi connectivity index (χ4n) is 3.01. The highest BCUT2D eigenvalue weighted by Crippen LogP contribution is 2.08. The van der Waals surface area contributed by atoms with Crippen molar-refractivity contribution in [2.75, 3.05) is 26.4 Å². The van der Waals surface area contributed by atoms with Crippen LogP contribution in [0.2, 0.25) is 0 Å². The molecule has 0 fully saturated rings. The maximum atomic E-state index is 12.3. The molecule has 0 aliphatic rings. The molecular formula is C22H31N3O2S. The monoisotopic (exact) mass is 401 g/mol. The first-order chi connectivity index (χ1) is 13.4. The number of benzene rings is 2. The molecule has 6 heteroatoms. The van der Waals surface area contributed by atoms with Crippen molar-refractivity contribution >= 4 is 15.8 Å². The lowest BCUT2D eigenvalue weighted by atomic mass is 10.1. The number of nitrogens with zero attached hydrogens (tertiary/aromatic N) is 2. The van der Waals surface area contributed by atoms with Crippen LogP contribution in [0.3, 0.4) is 0 Å². The molecule has 1 N–H and O–H groups in total. The molecule has 0 saturated carbocycles. The van der Waals surface area contributed by atoms with Gasteiger partial charge in [0.25, 0.3) is 0 Å². The van der Waals surface area contributed by atoms with Crippen LogP contribution in [-0.2, 0) is 28.6 Å². The van der Waals surface area contributed by atoms with Crippen LogP contribution in [-0.4, -0.2) is 45.7 Å². The van der Waals surface area contributed by atoms with E-state index in [0.29, 0.717) is 13.0 Å². The number of rotatable bonds is 9. The Morgan fingerprint density at radius 2 is 1.64 bits per heavy atom. The molecule has 0 saturated heterocycles. The Morgan fingerprint density at radius 1 is 1.00 bits per heavy atom. The second kappa shape index (κ2) is 10.9. The number of aliphatic imine (C=N–C) groups is 1. The van der Waals surface area contributed by atoms with Gasteiger partial charge in [0, 0.05) is 27.2 Å². The van der Waals surface area contributed by atoms with Gasteiger partial charge in [-0.1, -0.05) is 61.5 Å². The summed E-state index contributed by atoms with van der Waals surface area (Å²) in [4.78, 5) is 6.34. The number of hydrogen-bond donors (Lipinski definition) is 1. The Bertz CT molecular complexity index is 847. The topological polar surface area (TPSA) is 61.8 Å². The van der Waals surface area contributed by atoms with E-state index in [4.69, 9.17) is 0 Å². The smallest absolute Gasteiger partial charge is 0.193 e. The summed E-state index contributed by atoms with van der Waals surface area (Å²) in [5.74, 6) is 1.02. The van der Waals surface area contributed by atoms with E-state index in [0.717, 1.165) is 24.5 Å². The number of guanidine groups is 1. The number of sulfone groups is 1. The van der Waals surface area contributed by atoms with Gasteiger partial charge in [0.2, 0.25) is 0 Å². The molecule has 0 bridgehead atoms. The molecule has 5 nitrogen and oxygen atoms in total. The van der Waals surface area contributed by atoms with E-state index in [-0.39, 0.29) is 11.5 Å². The molecule has 0 atom stereocenters. The summed E-state index contributed by atoms with van der Waals surface area (Å²) < 4.78 is 24.5. The molecule has 0 heterocycles. The lowest BCUT2D eigenvalue weighted by molar-refractivity contribution is 0.476. The van der Waals surface area contributed by atoms with Gasteiger partial charge < -0.3 is 10.2 Å². The predicted molar refractivity (Wildman–Crippen MR) is 117 cm³/mol. The van der Waals surface area contributed by atoms with Gasteiger partial charge in [-0.25, -0.2) is 8.42 Å². The molecule has 0 aliphatic carbocycles. The molecule has 2 rings (SSSR count). The maximum Gasteiger partial charge on any atom is 0.193 e. The van der Waals surface area contributed by atoms with Crippen LogP contribution in [0.4, 0.5) is 0 Å². The normalized spacial score (nSPS) is 12.0. The third kappa shape index (κ3) is 7.35. The fourth-order valence-corrected chi connectivity index (χ4v) is 4.44. The molecule has 28 heavy (non-hydrogen) atoms. The first-order valence-electron chi connectivity index (χ1n) is 9.67.